The van der Waals surface area contributed by atoms with Crippen molar-refractivity contribution in [2.75, 3.05) is 25.1 Å². The first-order valence-electron chi connectivity index (χ1n) is 5.04. The third kappa shape index (κ3) is 4.36. The summed E-state index contributed by atoms with van der Waals surface area (Å²) >= 11 is 1.95. The van der Waals surface area contributed by atoms with Crippen LogP contribution in [0.3, 0.4) is 0 Å². The lowest BCUT2D eigenvalue weighted by atomic mass is 10.3. The number of nitrogens with one attached hydrogen (secondary N) is 1. The van der Waals surface area contributed by atoms with Gasteiger partial charge in [-0.3, -0.25) is 0 Å². The van der Waals surface area contributed by atoms with Crippen LogP contribution in [0.2, 0.25) is 0 Å². The minimum Gasteiger partial charge on any atom is -0.316 e. The Bertz CT molecular complexity index is 116. The van der Waals surface area contributed by atoms with Crippen LogP contribution in [0.4, 0.5) is 0 Å². The Labute approximate surface area is 80.7 Å². The van der Waals surface area contributed by atoms with E-state index in [9.17, 15) is 0 Å². The van der Waals surface area contributed by atoms with E-state index in [2.05, 4.69) is 18.5 Å². The van der Waals surface area contributed by atoms with Crippen LogP contribution < -0.4 is 5.32 Å². The zero-order valence-corrected chi connectivity index (χ0v) is 9.12. The summed E-state index contributed by atoms with van der Waals surface area (Å²) in [5.74, 6) is 3.33. The van der Waals surface area contributed by atoms with Crippen LogP contribution in [0.5, 0.6) is 0 Å². The number of rotatable bonds is 7. The van der Waals surface area contributed by atoms with E-state index < -0.39 is 0 Å². The molecule has 72 valence electrons. The fraction of sp³-hybridized carbons (Fsp3) is 1.00. The molecule has 0 radical (unpaired) electrons. The first-order chi connectivity index (χ1) is 5.84. The van der Waals surface area contributed by atoms with Crippen molar-refractivity contribution in [2.24, 2.45) is 11.8 Å². The van der Waals surface area contributed by atoms with Gasteiger partial charge in [0.25, 0.3) is 0 Å². The molecular formula is C10H21NS. The molecule has 2 heteroatoms. The molecule has 1 rings (SSSR count). The Hall–Kier alpha value is 0.310. The van der Waals surface area contributed by atoms with E-state index in [4.69, 9.17) is 0 Å². The van der Waals surface area contributed by atoms with Gasteiger partial charge in [0.05, 0.1) is 0 Å². The van der Waals surface area contributed by atoms with Gasteiger partial charge in [0, 0.05) is 0 Å². The molecule has 0 aliphatic heterocycles. The molecule has 2 unspecified atom stereocenters. The molecule has 0 bridgehead atoms. The van der Waals surface area contributed by atoms with Crippen molar-refractivity contribution in [2.45, 2.75) is 26.2 Å². The molecular weight excluding hydrogens is 166 g/mol. The zero-order chi connectivity index (χ0) is 8.81. The summed E-state index contributed by atoms with van der Waals surface area (Å²) < 4.78 is 0. The Morgan fingerprint density at radius 1 is 1.42 bits per heavy atom. The molecule has 2 atom stereocenters. The van der Waals surface area contributed by atoms with Crippen LogP contribution in [0.1, 0.15) is 26.2 Å². The van der Waals surface area contributed by atoms with Gasteiger partial charge < -0.3 is 5.32 Å². The van der Waals surface area contributed by atoms with E-state index >= 15 is 0 Å². The molecule has 0 aromatic carbocycles. The average molecular weight is 187 g/mol. The van der Waals surface area contributed by atoms with Crippen molar-refractivity contribution < 1.29 is 0 Å². The van der Waals surface area contributed by atoms with Gasteiger partial charge in [-0.15, -0.1) is 0 Å². The van der Waals surface area contributed by atoms with E-state index in [1.807, 2.05) is 11.8 Å². The molecule has 1 N–H and O–H groups in total. The van der Waals surface area contributed by atoms with Crippen LogP contribution in [0.25, 0.3) is 0 Å². The summed E-state index contributed by atoms with van der Waals surface area (Å²) in [6.45, 7) is 4.84. The molecule has 0 amide bonds. The SMILES string of the molecule is CSCCCCNCC1CC1C. The first-order valence-corrected chi connectivity index (χ1v) is 6.43. The molecule has 0 aromatic heterocycles. The molecule has 0 spiro atoms. The molecule has 12 heavy (non-hydrogen) atoms. The zero-order valence-electron chi connectivity index (χ0n) is 8.31. The van der Waals surface area contributed by atoms with E-state index in [1.165, 1.54) is 38.1 Å². The van der Waals surface area contributed by atoms with Gasteiger partial charge in [0.1, 0.15) is 0 Å². The minimum atomic E-state index is 1.00. The molecule has 0 saturated heterocycles. The Morgan fingerprint density at radius 3 is 2.75 bits per heavy atom. The van der Waals surface area contributed by atoms with Crippen LogP contribution in [-0.4, -0.2) is 25.1 Å². The normalized spacial score (nSPS) is 27.5. The predicted molar refractivity (Wildman–Crippen MR) is 57.8 cm³/mol. The maximum absolute atomic E-state index is 3.53. The number of hydrogen-bond donors (Lipinski definition) is 1. The standard InChI is InChI=1S/C10H21NS/c1-9-7-10(9)8-11-5-3-4-6-12-2/h9-11H,3-8H2,1-2H3. The number of hydrogen-bond acceptors (Lipinski definition) is 2. The fourth-order valence-corrected chi connectivity index (χ4v) is 1.96. The quantitative estimate of drug-likeness (QED) is 0.614. The lowest BCUT2D eigenvalue weighted by Crippen LogP contribution is -2.18. The Kier molecular flexibility index (Phi) is 5.08. The molecule has 1 aliphatic carbocycles. The van der Waals surface area contributed by atoms with Crippen molar-refractivity contribution >= 4 is 11.8 Å². The fourth-order valence-electron chi connectivity index (χ4n) is 1.47. The van der Waals surface area contributed by atoms with Crippen LogP contribution >= 0.6 is 11.8 Å². The summed E-state index contributed by atoms with van der Waals surface area (Å²) in [6, 6.07) is 0. The van der Waals surface area contributed by atoms with Crippen LogP contribution in [0, 0.1) is 11.8 Å². The number of thioether (sulfide) groups is 1. The van der Waals surface area contributed by atoms with Gasteiger partial charge in [0.15, 0.2) is 0 Å². The Balaban J connectivity index is 1.72. The highest BCUT2D eigenvalue weighted by Crippen LogP contribution is 2.36. The topological polar surface area (TPSA) is 12.0 Å². The average Bonchev–Trinajstić information content (AvgIpc) is 2.74. The summed E-state index contributed by atoms with van der Waals surface area (Å²) in [4.78, 5) is 0. The smallest absolute Gasteiger partial charge is 0.00179 e. The van der Waals surface area contributed by atoms with Crippen molar-refractivity contribution in [1.82, 2.24) is 5.32 Å². The third-order valence-electron chi connectivity index (χ3n) is 2.63. The predicted octanol–water partition coefficient (Wildman–Crippen LogP) is 2.38. The summed E-state index contributed by atoms with van der Waals surface area (Å²) in [6.07, 6.45) is 6.35. The second-order valence-corrected chi connectivity index (χ2v) is 4.86. The first kappa shape index (κ1) is 10.4. The molecule has 0 heterocycles. The second kappa shape index (κ2) is 5.87. The summed E-state index contributed by atoms with van der Waals surface area (Å²) in [5, 5.41) is 3.53. The van der Waals surface area contributed by atoms with Crippen LogP contribution in [0.15, 0.2) is 0 Å². The summed E-state index contributed by atoms with van der Waals surface area (Å²) in [5.41, 5.74) is 0. The van der Waals surface area contributed by atoms with E-state index in [-0.39, 0.29) is 0 Å². The molecule has 1 fully saturated rings. The minimum absolute atomic E-state index is 1.00. The maximum Gasteiger partial charge on any atom is -0.00179 e. The van der Waals surface area contributed by atoms with Crippen LogP contribution in [-0.2, 0) is 0 Å². The molecule has 1 saturated carbocycles. The molecule has 1 nitrogen and oxygen atoms in total. The highest BCUT2D eigenvalue weighted by atomic mass is 32.2. The Morgan fingerprint density at radius 2 is 2.17 bits per heavy atom. The van der Waals surface area contributed by atoms with Crippen molar-refractivity contribution in [3.05, 3.63) is 0 Å². The second-order valence-electron chi connectivity index (χ2n) is 3.88. The maximum atomic E-state index is 3.53. The van der Waals surface area contributed by atoms with Gasteiger partial charge in [-0.2, -0.15) is 11.8 Å². The lowest BCUT2D eigenvalue weighted by Gasteiger charge is -2.02. The van der Waals surface area contributed by atoms with E-state index in [0.29, 0.717) is 0 Å². The van der Waals surface area contributed by atoms with Gasteiger partial charge in [0.2, 0.25) is 0 Å². The molecule has 1 aliphatic rings. The number of unbranched alkanes of at least 4 members (excludes halogenated alkanes) is 1. The van der Waals surface area contributed by atoms with Gasteiger partial charge in [-0.25, -0.2) is 0 Å². The molecule has 0 aromatic rings. The van der Waals surface area contributed by atoms with E-state index in [1.54, 1.807) is 0 Å². The largest absolute Gasteiger partial charge is 0.316 e. The van der Waals surface area contributed by atoms with Crippen molar-refractivity contribution in [3.63, 3.8) is 0 Å². The lowest BCUT2D eigenvalue weighted by molar-refractivity contribution is 0.590. The van der Waals surface area contributed by atoms with Gasteiger partial charge in [-0.1, -0.05) is 6.92 Å². The van der Waals surface area contributed by atoms with E-state index in [0.717, 1.165) is 11.8 Å². The highest BCUT2D eigenvalue weighted by molar-refractivity contribution is 7.98. The monoisotopic (exact) mass is 187 g/mol. The van der Waals surface area contributed by atoms with Gasteiger partial charge in [-0.05, 0) is 56.2 Å². The summed E-state index contributed by atoms with van der Waals surface area (Å²) in [7, 11) is 0. The van der Waals surface area contributed by atoms with Crippen molar-refractivity contribution in [3.8, 4) is 0 Å². The van der Waals surface area contributed by atoms with Crippen molar-refractivity contribution in [1.29, 1.82) is 0 Å². The third-order valence-corrected chi connectivity index (χ3v) is 3.33. The van der Waals surface area contributed by atoms with Gasteiger partial charge >= 0.3 is 0 Å². The highest BCUT2D eigenvalue weighted by Gasteiger charge is 2.31.